The summed E-state index contributed by atoms with van der Waals surface area (Å²) in [7, 11) is 0. The summed E-state index contributed by atoms with van der Waals surface area (Å²) in [6.45, 7) is 0. The summed E-state index contributed by atoms with van der Waals surface area (Å²) in [6, 6.07) is 12.3. The number of amides is 1. The molecule has 1 aliphatic rings. The molecule has 0 saturated carbocycles. The number of alkyl halides is 3. The fourth-order valence-electron chi connectivity index (χ4n) is 3.52. The Morgan fingerprint density at radius 3 is 2.28 bits per heavy atom. The third-order valence-electron chi connectivity index (χ3n) is 4.95. The maximum Gasteiger partial charge on any atom is 0.417 e. The Hall–Kier alpha value is -3.65. The van der Waals surface area contributed by atoms with Gasteiger partial charge in [0.05, 0.1) is 22.4 Å². The zero-order valence-corrected chi connectivity index (χ0v) is 16.7. The van der Waals surface area contributed by atoms with Crippen molar-refractivity contribution >= 4 is 46.5 Å². The average molecular weight is 462 g/mol. The second kappa shape index (κ2) is 7.80. The Morgan fingerprint density at radius 2 is 1.66 bits per heavy atom. The first-order valence-corrected chi connectivity index (χ1v) is 9.51. The molecule has 32 heavy (non-hydrogen) atoms. The molecule has 0 fully saturated rings. The minimum Gasteiger partial charge on any atom is -0.478 e. The highest BCUT2D eigenvalue weighted by Gasteiger charge is 2.38. The molecule has 1 N–H and O–H groups in total. The van der Waals surface area contributed by atoms with Gasteiger partial charge in [-0.1, -0.05) is 23.7 Å². The Morgan fingerprint density at radius 1 is 1.00 bits per heavy atom. The van der Waals surface area contributed by atoms with Gasteiger partial charge in [-0.05, 0) is 54.6 Å². The predicted molar refractivity (Wildman–Crippen MR) is 111 cm³/mol. The van der Waals surface area contributed by atoms with Gasteiger partial charge in [-0.3, -0.25) is 9.69 Å². The Labute approximate surface area is 184 Å². The summed E-state index contributed by atoms with van der Waals surface area (Å²) in [5, 5.41) is 8.82. The van der Waals surface area contributed by atoms with E-state index in [1.807, 2.05) is 0 Å². The van der Waals surface area contributed by atoms with Gasteiger partial charge in [-0.15, -0.1) is 0 Å². The summed E-state index contributed by atoms with van der Waals surface area (Å²) in [5.74, 6) is -2.75. The molecule has 3 aromatic carbocycles. The normalized spacial score (nSPS) is 14.7. The Kier molecular flexibility index (Phi) is 5.26. The lowest BCUT2D eigenvalue weighted by atomic mass is 10.00. The number of benzene rings is 3. The monoisotopic (exact) mass is 461 g/mol. The molecule has 4 nitrogen and oxygen atoms in total. The number of hydrogen-bond acceptors (Lipinski definition) is 2. The molecule has 0 saturated heterocycles. The van der Waals surface area contributed by atoms with E-state index in [0.717, 1.165) is 29.2 Å². The lowest BCUT2D eigenvalue weighted by Crippen LogP contribution is -2.20. The molecular weight excluding hydrogens is 450 g/mol. The van der Waals surface area contributed by atoms with Crippen LogP contribution in [0.3, 0.4) is 0 Å². The van der Waals surface area contributed by atoms with Gasteiger partial charge in [0.1, 0.15) is 5.82 Å². The van der Waals surface area contributed by atoms with Gasteiger partial charge in [-0.25, -0.2) is 9.18 Å². The zero-order valence-electron chi connectivity index (χ0n) is 16.0. The van der Waals surface area contributed by atoms with Crippen molar-refractivity contribution in [1.29, 1.82) is 0 Å². The van der Waals surface area contributed by atoms with Crippen LogP contribution in [0.15, 0.2) is 60.7 Å². The van der Waals surface area contributed by atoms with Crippen LogP contribution in [-0.2, 0) is 11.0 Å². The summed E-state index contributed by atoms with van der Waals surface area (Å²) < 4.78 is 55.3. The van der Waals surface area contributed by atoms with Gasteiger partial charge < -0.3 is 5.11 Å². The van der Waals surface area contributed by atoms with Gasteiger partial charge in [0.15, 0.2) is 0 Å². The van der Waals surface area contributed by atoms with Crippen molar-refractivity contribution in [3.05, 3.63) is 93.8 Å². The molecule has 0 spiro atoms. The summed E-state index contributed by atoms with van der Waals surface area (Å²) in [6.07, 6.45) is -3.82. The topological polar surface area (TPSA) is 57.6 Å². The number of anilines is 2. The number of nitrogens with zero attached hydrogens (tertiary/aromatic N) is 1. The molecule has 0 aromatic heterocycles. The first-order valence-electron chi connectivity index (χ1n) is 9.13. The van der Waals surface area contributed by atoms with E-state index in [-0.39, 0.29) is 33.1 Å². The van der Waals surface area contributed by atoms with E-state index in [9.17, 15) is 27.2 Å². The van der Waals surface area contributed by atoms with Crippen LogP contribution in [0, 0.1) is 5.82 Å². The molecule has 1 heterocycles. The fourth-order valence-corrected chi connectivity index (χ4v) is 3.75. The fraction of sp³-hybridized carbons (Fsp3) is 0.0435. The van der Waals surface area contributed by atoms with E-state index in [4.69, 9.17) is 16.7 Å². The molecule has 3 aromatic rings. The van der Waals surface area contributed by atoms with Crippen LogP contribution in [0.4, 0.5) is 28.9 Å². The van der Waals surface area contributed by atoms with Crippen LogP contribution in [0.2, 0.25) is 5.02 Å². The van der Waals surface area contributed by atoms with E-state index in [2.05, 4.69) is 0 Å². The Bertz CT molecular complexity index is 1280. The third kappa shape index (κ3) is 3.62. The van der Waals surface area contributed by atoms with Crippen molar-refractivity contribution in [2.24, 2.45) is 0 Å². The quantitative estimate of drug-likeness (QED) is 0.362. The average Bonchev–Trinajstić information content (AvgIpc) is 3.01. The molecule has 4 rings (SSSR count). The van der Waals surface area contributed by atoms with Crippen LogP contribution in [0.1, 0.15) is 27.0 Å². The van der Waals surface area contributed by atoms with Crippen molar-refractivity contribution in [2.45, 2.75) is 6.18 Å². The van der Waals surface area contributed by atoms with Crippen molar-refractivity contribution in [1.82, 2.24) is 0 Å². The zero-order chi connectivity index (χ0) is 23.2. The third-order valence-corrected chi connectivity index (χ3v) is 5.28. The summed E-state index contributed by atoms with van der Waals surface area (Å²) >= 11 is 6.01. The molecule has 1 amide bonds. The van der Waals surface area contributed by atoms with E-state index in [1.165, 1.54) is 42.5 Å². The van der Waals surface area contributed by atoms with Crippen molar-refractivity contribution in [3.8, 4) is 0 Å². The highest BCUT2D eigenvalue weighted by atomic mass is 35.5. The number of halogens is 5. The van der Waals surface area contributed by atoms with Gasteiger partial charge in [-0.2, -0.15) is 13.2 Å². The largest absolute Gasteiger partial charge is 0.478 e. The number of carboxylic acids is 1. The molecule has 0 unspecified atom stereocenters. The number of carbonyl (C=O) groups excluding carboxylic acids is 1. The maximum atomic E-state index is 14.8. The number of aromatic carboxylic acids is 1. The number of hydrogen-bond donors (Lipinski definition) is 1. The van der Waals surface area contributed by atoms with Gasteiger partial charge in [0.2, 0.25) is 0 Å². The SMILES string of the molecule is O=C(O)c1ccc(N2C(=O)/C(=C/c3c(Cl)cccc3C(F)(F)F)c3c(F)cccc32)cc1. The van der Waals surface area contributed by atoms with E-state index < -0.39 is 35.0 Å². The summed E-state index contributed by atoms with van der Waals surface area (Å²) in [5.41, 5.74) is -1.68. The van der Waals surface area contributed by atoms with E-state index in [1.54, 1.807) is 0 Å². The number of carboxylic acid groups (broad SMARTS) is 1. The van der Waals surface area contributed by atoms with Crippen LogP contribution < -0.4 is 4.90 Å². The second-order valence-corrected chi connectivity index (χ2v) is 7.29. The lowest BCUT2D eigenvalue weighted by molar-refractivity contribution is -0.137. The number of carbonyl (C=O) groups is 2. The minimum absolute atomic E-state index is 0.0264. The van der Waals surface area contributed by atoms with Crippen LogP contribution in [0.25, 0.3) is 11.6 Å². The van der Waals surface area contributed by atoms with Gasteiger partial charge in [0.25, 0.3) is 5.91 Å². The van der Waals surface area contributed by atoms with Gasteiger partial charge >= 0.3 is 12.1 Å². The lowest BCUT2D eigenvalue weighted by Gasteiger charge is -2.17. The number of fused-ring (bicyclic) bond motifs is 1. The molecule has 0 bridgehead atoms. The minimum atomic E-state index is -4.75. The standard InChI is InChI=1S/C23H12ClF4NO3/c24-17-4-1-3-16(23(26,27)28)14(17)11-15-20-18(25)5-2-6-19(20)29(21(15)30)13-9-7-12(8-10-13)22(31)32/h1-11H,(H,31,32)/b15-11+. The van der Waals surface area contributed by atoms with Gasteiger partial charge in [0, 0.05) is 21.8 Å². The van der Waals surface area contributed by atoms with E-state index in [0.29, 0.717) is 0 Å². The summed E-state index contributed by atoms with van der Waals surface area (Å²) in [4.78, 5) is 25.5. The maximum absolute atomic E-state index is 14.8. The molecular formula is C23H12ClF4NO3. The molecule has 0 atom stereocenters. The van der Waals surface area contributed by atoms with Crippen LogP contribution >= 0.6 is 11.6 Å². The first-order chi connectivity index (χ1) is 15.1. The first kappa shape index (κ1) is 21.6. The van der Waals surface area contributed by atoms with Crippen LogP contribution in [0.5, 0.6) is 0 Å². The molecule has 0 radical (unpaired) electrons. The second-order valence-electron chi connectivity index (χ2n) is 6.88. The Balaban J connectivity index is 1.92. The highest BCUT2D eigenvalue weighted by Crippen LogP contribution is 2.45. The molecule has 1 aliphatic heterocycles. The van der Waals surface area contributed by atoms with E-state index >= 15 is 0 Å². The van der Waals surface area contributed by atoms with Crippen molar-refractivity contribution < 1.29 is 32.3 Å². The molecule has 162 valence electrons. The number of rotatable bonds is 3. The predicted octanol–water partition coefficient (Wildman–Crippen LogP) is 6.42. The van der Waals surface area contributed by atoms with Crippen molar-refractivity contribution in [2.75, 3.05) is 4.90 Å². The smallest absolute Gasteiger partial charge is 0.417 e. The van der Waals surface area contributed by atoms with Crippen LogP contribution in [-0.4, -0.2) is 17.0 Å². The van der Waals surface area contributed by atoms with Crippen molar-refractivity contribution in [3.63, 3.8) is 0 Å². The molecule has 0 aliphatic carbocycles. The molecule has 9 heteroatoms. The highest BCUT2D eigenvalue weighted by molar-refractivity contribution is 6.39.